The molecule has 0 atom stereocenters. The molecular formula is C10H16ClNO3S2. The van der Waals surface area contributed by atoms with Gasteiger partial charge in [-0.2, -0.15) is 0 Å². The minimum atomic E-state index is -3.37. The number of hydrogen-bond donors (Lipinski definition) is 0. The predicted octanol–water partition coefficient (Wildman–Crippen LogP) is 2.14. The summed E-state index contributed by atoms with van der Waals surface area (Å²) in [6.45, 7) is 1.00. The second-order valence-corrected chi connectivity index (χ2v) is 7.03. The van der Waals surface area contributed by atoms with E-state index in [4.69, 9.17) is 16.3 Å². The number of sulfonamides is 1. The number of methoxy groups -OCH3 is 1. The van der Waals surface area contributed by atoms with Crippen LogP contribution in [0.15, 0.2) is 15.7 Å². The van der Waals surface area contributed by atoms with Crippen molar-refractivity contribution in [1.82, 2.24) is 4.31 Å². The van der Waals surface area contributed by atoms with Crippen LogP contribution in [0.3, 0.4) is 0 Å². The van der Waals surface area contributed by atoms with Crippen LogP contribution in [0.1, 0.15) is 12.0 Å². The molecule has 0 aliphatic rings. The van der Waals surface area contributed by atoms with E-state index in [1.54, 1.807) is 25.6 Å². The van der Waals surface area contributed by atoms with E-state index in [2.05, 4.69) is 0 Å². The number of halogens is 1. The van der Waals surface area contributed by atoms with Gasteiger partial charge in [-0.05, 0) is 23.4 Å². The lowest BCUT2D eigenvalue weighted by molar-refractivity contribution is 0.189. The van der Waals surface area contributed by atoms with Crippen LogP contribution in [0.5, 0.6) is 0 Å². The van der Waals surface area contributed by atoms with Crippen LogP contribution in [-0.2, 0) is 20.6 Å². The van der Waals surface area contributed by atoms with Crippen molar-refractivity contribution < 1.29 is 13.2 Å². The first-order valence-electron chi connectivity index (χ1n) is 5.11. The molecule has 0 aromatic carbocycles. The van der Waals surface area contributed by atoms with E-state index in [1.807, 2.05) is 0 Å². The molecule has 17 heavy (non-hydrogen) atoms. The van der Waals surface area contributed by atoms with Gasteiger partial charge in [-0.1, -0.05) is 0 Å². The van der Waals surface area contributed by atoms with Crippen LogP contribution < -0.4 is 0 Å². The zero-order chi connectivity index (χ0) is 12.9. The van der Waals surface area contributed by atoms with Crippen molar-refractivity contribution in [2.45, 2.75) is 16.5 Å². The van der Waals surface area contributed by atoms with Gasteiger partial charge in [0, 0.05) is 33.2 Å². The maximum absolute atomic E-state index is 12.1. The van der Waals surface area contributed by atoms with Crippen molar-refractivity contribution in [2.24, 2.45) is 0 Å². The number of ether oxygens (including phenoxy) is 1. The van der Waals surface area contributed by atoms with E-state index >= 15 is 0 Å². The van der Waals surface area contributed by atoms with Gasteiger partial charge in [0.05, 0.1) is 0 Å². The number of nitrogens with zero attached hydrogens (tertiary/aromatic N) is 1. The summed E-state index contributed by atoms with van der Waals surface area (Å²) in [5, 5.41) is 1.77. The van der Waals surface area contributed by atoms with Crippen LogP contribution in [-0.4, -0.2) is 40.0 Å². The van der Waals surface area contributed by atoms with Gasteiger partial charge in [0.15, 0.2) is 0 Å². The largest absolute Gasteiger partial charge is 0.385 e. The standard InChI is InChI=1S/C10H16ClNO3S2/c1-12(4-3-5-15-2)17(13,14)10-6-9(7-11)8-16-10/h6,8H,3-5,7H2,1-2H3. The predicted molar refractivity (Wildman–Crippen MR) is 70.2 cm³/mol. The fourth-order valence-corrected chi connectivity index (χ4v) is 4.14. The first-order valence-corrected chi connectivity index (χ1v) is 7.96. The van der Waals surface area contributed by atoms with Crippen LogP contribution in [0, 0.1) is 0 Å². The lowest BCUT2D eigenvalue weighted by Crippen LogP contribution is -2.28. The molecule has 4 nitrogen and oxygen atoms in total. The highest BCUT2D eigenvalue weighted by molar-refractivity contribution is 7.91. The van der Waals surface area contributed by atoms with Crippen molar-refractivity contribution in [3.8, 4) is 0 Å². The first kappa shape index (κ1) is 14.9. The van der Waals surface area contributed by atoms with Gasteiger partial charge in [0.25, 0.3) is 10.0 Å². The third kappa shape index (κ3) is 3.93. The Labute approximate surface area is 111 Å². The molecule has 1 rings (SSSR count). The molecule has 0 N–H and O–H groups in total. The van der Waals surface area contributed by atoms with Gasteiger partial charge < -0.3 is 4.74 Å². The van der Waals surface area contributed by atoms with Crippen molar-refractivity contribution in [2.75, 3.05) is 27.3 Å². The Hall–Kier alpha value is -0.140. The highest BCUT2D eigenvalue weighted by Crippen LogP contribution is 2.24. The third-order valence-corrected chi connectivity index (χ3v) is 5.90. The maximum atomic E-state index is 12.1. The second kappa shape index (κ2) is 6.70. The molecule has 0 amide bonds. The Balaban J connectivity index is 2.73. The van der Waals surface area contributed by atoms with E-state index in [0.29, 0.717) is 29.7 Å². The summed E-state index contributed by atoms with van der Waals surface area (Å²) in [7, 11) is -0.199. The fraction of sp³-hybridized carbons (Fsp3) is 0.600. The molecule has 0 radical (unpaired) electrons. The Morgan fingerprint density at radius 2 is 2.24 bits per heavy atom. The van der Waals surface area contributed by atoms with E-state index in [9.17, 15) is 8.42 Å². The first-order chi connectivity index (χ1) is 8.02. The summed E-state index contributed by atoms with van der Waals surface area (Å²) in [5.74, 6) is 0.333. The van der Waals surface area contributed by atoms with E-state index < -0.39 is 10.0 Å². The van der Waals surface area contributed by atoms with Crippen molar-refractivity contribution in [3.05, 3.63) is 17.0 Å². The molecule has 0 spiro atoms. The molecule has 0 unspecified atom stereocenters. The average Bonchev–Trinajstić information content (AvgIpc) is 2.78. The smallest absolute Gasteiger partial charge is 0.252 e. The fourth-order valence-electron chi connectivity index (χ4n) is 1.26. The van der Waals surface area contributed by atoms with E-state index in [1.165, 1.54) is 15.6 Å². The topological polar surface area (TPSA) is 46.6 Å². The van der Waals surface area contributed by atoms with Crippen LogP contribution in [0.4, 0.5) is 0 Å². The molecule has 0 aliphatic carbocycles. The molecule has 1 aromatic rings. The summed E-state index contributed by atoms with van der Waals surface area (Å²) < 4.78 is 30.8. The zero-order valence-electron chi connectivity index (χ0n) is 9.85. The van der Waals surface area contributed by atoms with Gasteiger partial charge in [-0.3, -0.25) is 0 Å². The molecule has 0 fully saturated rings. The number of thiophene rings is 1. The summed E-state index contributed by atoms with van der Waals surface area (Å²) in [4.78, 5) is 0. The van der Waals surface area contributed by atoms with Gasteiger partial charge in [0.1, 0.15) is 4.21 Å². The molecule has 0 saturated heterocycles. The van der Waals surface area contributed by atoms with E-state index in [0.717, 1.165) is 5.56 Å². The molecular weight excluding hydrogens is 282 g/mol. The van der Waals surface area contributed by atoms with Crippen molar-refractivity contribution in [1.29, 1.82) is 0 Å². The molecule has 0 aliphatic heterocycles. The summed E-state index contributed by atoms with van der Waals surface area (Å²) in [6, 6.07) is 1.62. The Morgan fingerprint density at radius 3 is 2.76 bits per heavy atom. The Morgan fingerprint density at radius 1 is 1.53 bits per heavy atom. The molecule has 7 heteroatoms. The maximum Gasteiger partial charge on any atom is 0.252 e. The van der Waals surface area contributed by atoms with Gasteiger partial charge in [-0.15, -0.1) is 22.9 Å². The highest BCUT2D eigenvalue weighted by Gasteiger charge is 2.22. The minimum absolute atomic E-state index is 0.333. The summed E-state index contributed by atoms with van der Waals surface area (Å²) >= 11 is 6.86. The number of rotatable bonds is 7. The SMILES string of the molecule is COCCCN(C)S(=O)(=O)c1cc(CCl)cs1. The summed E-state index contributed by atoms with van der Waals surface area (Å²) in [5.41, 5.74) is 0.834. The molecule has 1 heterocycles. The van der Waals surface area contributed by atoms with E-state index in [-0.39, 0.29) is 0 Å². The van der Waals surface area contributed by atoms with Gasteiger partial charge in [-0.25, -0.2) is 12.7 Å². The van der Waals surface area contributed by atoms with Crippen LogP contribution in [0.25, 0.3) is 0 Å². The lowest BCUT2D eigenvalue weighted by Gasteiger charge is -2.15. The highest BCUT2D eigenvalue weighted by atomic mass is 35.5. The minimum Gasteiger partial charge on any atom is -0.385 e. The molecule has 98 valence electrons. The lowest BCUT2D eigenvalue weighted by atomic mass is 10.4. The quantitative estimate of drug-likeness (QED) is 0.572. The van der Waals surface area contributed by atoms with Crippen molar-refractivity contribution >= 4 is 33.0 Å². The van der Waals surface area contributed by atoms with Gasteiger partial charge in [0.2, 0.25) is 0 Å². The van der Waals surface area contributed by atoms with Crippen LogP contribution >= 0.6 is 22.9 Å². The number of hydrogen-bond acceptors (Lipinski definition) is 4. The third-order valence-electron chi connectivity index (χ3n) is 2.27. The average molecular weight is 298 g/mol. The molecule has 1 aromatic heterocycles. The Bertz CT molecular complexity index is 444. The number of alkyl halides is 1. The van der Waals surface area contributed by atoms with Gasteiger partial charge >= 0.3 is 0 Å². The summed E-state index contributed by atoms with van der Waals surface area (Å²) in [6.07, 6.45) is 0.681. The zero-order valence-corrected chi connectivity index (χ0v) is 12.2. The Kier molecular flexibility index (Phi) is 5.88. The van der Waals surface area contributed by atoms with Crippen molar-refractivity contribution in [3.63, 3.8) is 0 Å². The van der Waals surface area contributed by atoms with Crippen LogP contribution in [0.2, 0.25) is 0 Å². The molecule has 0 saturated carbocycles. The molecule has 0 bridgehead atoms. The monoisotopic (exact) mass is 297 g/mol. The normalized spacial score (nSPS) is 12.2. The second-order valence-electron chi connectivity index (χ2n) is 3.58.